The zero-order valence-electron chi connectivity index (χ0n) is 8.21. The fraction of sp³-hybridized carbons (Fsp3) is 0.182. The molecule has 0 radical (unpaired) electrons. The maximum atomic E-state index is 10.2. The summed E-state index contributed by atoms with van der Waals surface area (Å²) in [6.45, 7) is 0.108. The SMILES string of the molecule is O=C(O)c1ccccc1.OC=CCCO. The highest BCUT2D eigenvalue weighted by atomic mass is 16.4. The molecule has 15 heavy (non-hydrogen) atoms. The molecule has 0 unspecified atom stereocenters. The number of aliphatic hydroxyl groups excluding tert-OH is 2. The second-order valence-electron chi connectivity index (χ2n) is 2.57. The van der Waals surface area contributed by atoms with E-state index in [0.717, 1.165) is 6.26 Å². The first-order valence-electron chi connectivity index (χ1n) is 4.40. The molecule has 0 spiro atoms. The van der Waals surface area contributed by atoms with Crippen molar-refractivity contribution in [3.8, 4) is 0 Å². The first-order chi connectivity index (χ1) is 7.22. The summed E-state index contributed by atoms with van der Waals surface area (Å²) in [5, 5.41) is 24.3. The normalized spacial score (nSPS) is 9.40. The Kier molecular flexibility index (Phi) is 7.71. The van der Waals surface area contributed by atoms with E-state index in [0.29, 0.717) is 12.0 Å². The van der Waals surface area contributed by atoms with Gasteiger partial charge < -0.3 is 15.3 Å². The summed E-state index contributed by atoms with van der Waals surface area (Å²) in [6.07, 6.45) is 2.95. The van der Waals surface area contributed by atoms with Gasteiger partial charge in [0.1, 0.15) is 0 Å². The van der Waals surface area contributed by atoms with Crippen LogP contribution in [0.25, 0.3) is 0 Å². The molecule has 82 valence electrons. The number of benzene rings is 1. The number of carboxylic acid groups (broad SMARTS) is 1. The Labute approximate surface area is 88.1 Å². The van der Waals surface area contributed by atoms with E-state index < -0.39 is 5.97 Å². The van der Waals surface area contributed by atoms with Crippen LogP contribution in [0.4, 0.5) is 0 Å². The van der Waals surface area contributed by atoms with Gasteiger partial charge in [-0.3, -0.25) is 0 Å². The Morgan fingerprint density at radius 1 is 1.27 bits per heavy atom. The molecule has 0 atom stereocenters. The summed E-state index contributed by atoms with van der Waals surface area (Å²) in [6, 6.07) is 8.30. The molecule has 1 aromatic rings. The quantitative estimate of drug-likeness (QED) is 0.665. The molecule has 1 aromatic carbocycles. The molecule has 0 saturated heterocycles. The second-order valence-corrected chi connectivity index (χ2v) is 2.57. The first-order valence-corrected chi connectivity index (χ1v) is 4.40. The summed E-state index contributed by atoms with van der Waals surface area (Å²) in [5.74, 6) is -0.879. The van der Waals surface area contributed by atoms with Crippen molar-refractivity contribution in [2.75, 3.05) is 6.61 Å². The number of carbonyl (C=O) groups is 1. The molecule has 0 aromatic heterocycles. The molecular weight excluding hydrogens is 196 g/mol. The zero-order chi connectivity index (χ0) is 11.5. The molecule has 0 amide bonds. The Morgan fingerprint density at radius 3 is 2.13 bits per heavy atom. The van der Waals surface area contributed by atoms with Gasteiger partial charge in [-0.2, -0.15) is 0 Å². The van der Waals surface area contributed by atoms with Crippen LogP contribution in [-0.2, 0) is 0 Å². The van der Waals surface area contributed by atoms with E-state index in [1.807, 2.05) is 0 Å². The number of carboxylic acids is 1. The van der Waals surface area contributed by atoms with Crippen molar-refractivity contribution in [3.05, 3.63) is 48.2 Å². The highest BCUT2D eigenvalue weighted by molar-refractivity contribution is 5.87. The third-order valence-corrected chi connectivity index (χ3v) is 1.42. The van der Waals surface area contributed by atoms with Gasteiger partial charge in [0, 0.05) is 6.61 Å². The lowest BCUT2D eigenvalue weighted by Crippen LogP contribution is -1.93. The number of hydrogen-bond donors (Lipinski definition) is 3. The molecule has 0 heterocycles. The van der Waals surface area contributed by atoms with Crippen molar-refractivity contribution >= 4 is 5.97 Å². The minimum Gasteiger partial charge on any atom is -0.516 e. The van der Waals surface area contributed by atoms with Gasteiger partial charge in [0.15, 0.2) is 0 Å². The third kappa shape index (κ3) is 7.28. The minimum atomic E-state index is -0.879. The highest BCUT2D eigenvalue weighted by Crippen LogP contribution is 1.96. The Morgan fingerprint density at radius 2 is 1.87 bits per heavy atom. The topological polar surface area (TPSA) is 77.8 Å². The molecule has 4 nitrogen and oxygen atoms in total. The van der Waals surface area contributed by atoms with E-state index >= 15 is 0 Å². The summed E-state index contributed by atoms with van der Waals surface area (Å²) in [4.78, 5) is 10.2. The maximum absolute atomic E-state index is 10.2. The van der Waals surface area contributed by atoms with E-state index in [2.05, 4.69) is 0 Å². The molecular formula is C11H14O4. The first kappa shape index (κ1) is 13.2. The van der Waals surface area contributed by atoms with Crippen LogP contribution >= 0.6 is 0 Å². The number of rotatable bonds is 3. The Balaban J connectivity index is 0.000000288. The fourth-order valence-electron chi connectivity index (χ4n) is 0.730. The van der Waals surface area contributed by atoms with E-state index in [1.165, 1.54) is 6.08 Å². The molecule has 0 aliphatic carbocycles. The lowest BCUT2D eigenvalue weighted by Gasteiger charge is -1.88. The van der Waals surface area contributed by atoms with Crippen LogP contribution < -0.4 is 0 Å². The van der Waals surface area contributed by atoms with Crippen molar-refractivity contribution in [1.82, 2.24) is 0 Å². The van der Waals surface area contributed by atoms with Crippen molar-refractivity contribution < 1.29 is 20.1 Å². The van der Waals surface area contributed by atoms with Crippen molar-refractivity contribution in [1.29, 1.82) is 0 Å². The van der Waals surface area contributed by atoms with Gasteiger partial charge in [-0.1, -0.05) is 18.2 Å². The Bertz CT molecular complexity index is 293. The van der Waals surface area contributed by atoms with Gasteiger partial charge >= 0.3 is 5.97 Å². The third-order valence-electron chi connectivity index (χ3n) is 1.42. The highest BCUT2D eigenvalue weighted by Gasteiger charge is 1.96. The van der Waals surface area contributed by atoms with Crippen molar-refractivity contribution in [2.45, 2.75) is 6.42 Å². The van der Waals surface area contributed by atoms with Gasteiger partial charge in [-0.25, -0.2) is 4.79 Å². The number of aromatic carboxylic acids is 1. The van der Waals surface area contributed by atoms with Crippen LogP contribution in [0.15, 0.2) is 42.7 Å². The van der Waals surface area contributed by atoms with Gasteiger partial charge in [-0.05, 0) is 24.6 Å². The number of hydrogen-bond acceptors (Lipinski definition) is 3. The van der Waals surface area contributed by atoms with Crippen LogP contribution in [0.1, 0.15) is 16.8 Å². The van der Waals surface area contributed by atoms with Gasteiger partial charge in [0.25, 0.3) is 0 Å². The lowest BCUT2D eigenvalue weighted by atomic mass is 10.2. The average Bonchev–Trinajstić information content (AvgIpc) is 2.28. The molecule has 0 aliphatic heterocycles. The van der Waals surface area contributed by atoms with Gasteiger partial charge in [-0.15, -0.1) is 0 Å². The van der Waals surface area contributed by atoms with E-state index in [-0.39, 0.29) is 6.61 Å². The standard InChI is InChI=1S/C7H6O2.C4H8O2/c8-7(9)6-4-2-1-3-5-6;5-3-1-2-4-6/h1-5H,(H,8,9);1,3,5-6H,2,4H2. The zero-order valence-corrected chi connectivity index (χ0v) is 8.21. The summed E-state index contributed by atoms with van der Waals surface area (Å²) >= 11 is 0. The summed E-state index contributed by atoms with van der Waals surface area (Å²) < 4.78 is 0. The van der Waals surface area contributed by atoms with Crippen molar-refractivity contribution in [2.24, 2.45) is 0 Å². The predicted octanol–water partition coefficient (Wildman–Crippen LogP) is 1.83. The fourth-order valence-corrected chi connectivity index (χ4v) is 0.730. The van der Waals surface area contributed by atoms with E-state index in [1.54, 1.807) is 30.3 Å². The minimum absolute atomic E-state index is 0.108. The van der Waals surface area contributed by atoms with Gasteiger partial charge in [0.2, 0.25) is 0 Å². The summed E-state index contributed by atoms with van der Waals surface area (Å²) in [5.41, 5.74) is 0.331. The molecule has 3 N–H and O–H groups in total. The average molecular weight is 210 g/mol. The summed E-state index contributed by atoms with van der Waals surface area (Å²) in [7, 11) is 0. The van der Waals surface area contributed by atoms with Crippen LogP contribution in [0, 0.1) is 0 Å². The van der Waals surface area contributed by atoms with E-state index in [9.17, 15) is 4.79 Å². The van der Waals surface area contributed by atoms with Gasteiger partial charge in [0.05, 0.1) is 11.8 Å². The van der Waals surface area contributed by atoms with Crippen molar-refractivity contribution in [3.63, 3.8) is 0 Å². The molecule has 4 heteroatoms. The molecule has 0 saturated carbocycles. The van der Waals surface area contributed by atoms with Crippen LogP contribution in [0.5, 0.6) is 0 Å². The van der Waals surface area contributed by atoms with Crippen LogP contribution in [-0.4, -0.2) is 27.9 Å². The number of aliphatic hydroxyl groups is 2. The lowest BCUT2D eigenvalue weighted by molar-refractivity contribution is 0.0697. The molecule has 0 aliphatic rings. The molecule has 1 rings (SSSR count). The maximum Gasteiger partial charge on any atom is 0.335 e. The monoisotopic (exact) mass is 210 g/mol. The van der Waals surface area contributed by atoms with Crippen LogP contribution in [0.3, 0.4) is 0 Å². The second kappa shape index (κ2) is 8.77. The van der Waals surface area contributed by atoms with E-state index in [4.69, 9.17) is 15.3 Å². The van der Waals surface area contributed by atoms with Crippen LogP contribution in [0.2, 0.25) is 0 Å². The molecule has 0 fully saturated rings. The smallest absolute Gasteiger partial charge is 0.335 e. The Hall–Kier alpha value is -1.81. The molecule has 0 bridgehead atoms. The predicted molar refractivity (Wildman–Crippen MR) is 56.9 cm³/mol. The largest absolute Gasteiger partial charge is 0.516 e.